The highest BCUT2D eigenvalue weighted by molar-refractivity contribution is 6.01. The third kappa shape index (κ3) is 3.56. The number of benzene rings is 1. The lowest BCUT2D eigenvalue weighted by Crippen LogP contribution is -2.23. The van der Waals surface area contributed by atoms with Gasteiger partial charge >= 0.3 is 0 Å². The fraction of sp³-hybridized carbons (Fsp3) is 0.500. The molecule has 1 atom stereocenters. The van der Waals surface area contributed by atoms with Crippen LogP contribution < -0.4 is 4.74 Å². The third-order valence-electron chi connectivity index (χ3n) is 2.46. The molecule has 0 amide bonds. The van der Waals surface area contributed by atoms with Gasteiger partial charge in [-0.2, -0.15) is 0 Å². The van der Waals surface area contributed by atoms with Gasteiger partial charge in [0.1, 0.15) is 11.9 Å². The zero-order valence-corrected chi connectivity index (χ0v) is 10.9. The molecule has 0 saturated carbocycles. The van der Waals surface area contributed by atoms with E-state index in [-0.39, 0.29) is 11.9 Å². The quantitative estimate of drug-likeness (QED) is 0.712. The Bertz CT molecular complexity index is 367. The molecule has 0 aliphatic carbocycles. The summed E-state index contributed by atoms with van der Waals surface area (Å²) in [6.45, 7) is 5.81. The molecule has 1 aromatic rings. The Morgan fingerprint density at radius 3 is 2.47 bits per heavy atom. The van der Waals surface area contributed by atoms with E-state index in [0.29, 0.717) is 17.7 Å². The van der Waals surface area contributed by atoms with Gasteiger partial charge in [-0.05, 0) is 32.4 Å². The molecule has 0 bridgehead atoms. The van der Waals surface area contributed by atoms with Gasteiger partial charge in [0.05, 0.1) is 11.7 Å². The van der Waals surface area contributed by atoms with E-state index in [1.54, 1.807) is 13.2 Å². The third-order valence-corrected chi connectivity index (χ3v) is 2.46. The van der Waals surface area contributed by atoms with E-state index < -0.39 is 6.10 Å². The first-order valence-electron chi connectivity index (χ1n) is 5.92. The number of Topliss-reactive ketones (excluding diaryl/α,β-unsaturated/α-hetero) is 1. The molecule has 0 heterocycles. The predicted molar refractivity (Wildman–Crippen MR) is 67.6 cm³/mol. The standard InChI is InChI=1S/C14H20O3/c1-5-12(16-4)14(15)11-8-6-7-9-13(11)17-10(2)3/h6-10,12H,5H2,1-4H3. The van der Waals surface area contributed by atoms with Crippen LogP contribution in [0.15, 0.2) is 24.3 Å². The Kier molecular flexibility index (Phi) is 5.16. The van der Waals surface area contributed by atoms with E-state index in [9.17, 15) is 4.79 Å². The van der Waals surface area contributed by atoms with Gasteiger partial charge < -0.3 is 9.47 Å². The molecule has 1 rings (SSSR count). The Balaban J connectivity index is 2.99. The topological polar surface area (TPSA) is 35.5 Å². The normalized spacial score (nSPS) is 12.5. The molecular weight excluding hydrogens is 216 g/mol. The van der Waals surface area contributed by atoms with Gasteiger partial charge in [-0.3, -0.25) is 4.79 Å². The lowest BCUT2D eigenvalue weighted by Gasteiger charge is -2.16. The minimum atomic E-state index is -0.396. The van der Waals surface area contributed by atoms with Crippen LogP contribution in [0.1, 0.15) is 37.6 Å². The van der Waals surface area contributed by atoms with Crippen molar-refractivity contribution < 1.29 is 14.3 Å². The number of methoxy groups -OCH3 is 1. The largest absolute Gasteiger partial charge is 0.490 e. The summed E-state index contributed by atoms with van der Waals surface area (Å²) < 4.78 is 10.8. The summed E-state index contributed by atoms with van der Waals surface area (Å²) in [7, 11) is 1.55. The van der Waals surface area contributed by atoms with Crippen LogP contribution in [-0.4, -0.2) is 25.1 Å². The molecule has 0 aliphatic rings. The fourth-order valence-electron chi connectivity index (χ4n) is 1.66. The van der Waals surface area contributed by atoms with Gasteiger partial charge in [0.2, 0.25) is 0 Å². The first-order chi connectivity index (χ1) is 8.10. The van der Waals surface area contributed by atoms with E-state index in [4.69, 9.17) is 9.47 Å². The van der Waals surface area contributed by atoms with E-state index >= 15 is 0 Å². The highest BCUT2D eigenvalue weighted by Gasteiger charge is 2.21. The number of rotatable bonds is 6. The van der Waals surface area contributed by atoms with Gasteiger partial charge in [-0.15, -0.1) is 0 Å². The monoisotopic (exact) mass is 236 g/mol. The van der Waals surface area contributed by atoms with Gasteiger partial charge in [0, 0.05) is 7.11 Å². The van der Waals surface area contributed by atoms with Crippen molar-refractivity contribution in [2.75, 3.05) is 7.11 Å². The van der Waals surface area contributed by atoms with Crippen LogP contribution in [0.2, 0.25) is 0 Å². The summed E-state index contributed by atoms with van der Waals surface area (Å²) in [5, 5.41) is 0. The maximum Gasteiger partial charge on any atom is 0.195 e. The van der Waals surface area contributed by atoms with Crippen molar-refractivity contribution in [3.8, 4) is 5.75 Å². The van der Waals surface area contributed by atoms with Crippen molar-refractivity contribution in [3.63, 3.8) is 0 Å². The Hall–Kier alpha value is -1.35. The van der Waals surface area contributed by atoms with Crippen LogP contribution >= 0.6 is 0 Å². The van der Waals surface area contributed by atoms with Crippen LogP contribution in [-0.2, 0) is 4.74 Å². The predicted octanol–water partition coefficient (Wildman–Crippen LogP) is 3.08. The molecule has 3 heteroatoms. The number of carbonyl (C=O) groups is 1. The first kappa shape index (κ1) is 13.7. The van der Waals surface area contributed by atoms with E-state index in [1.807, 2.05) is 39.0 Å². The number of ketones is 1. The fourth-order valence-corrected chi connectivity index (χ4v) is 1.66. The highest BCUT2D eigenvalue weighted by Crippen LogP contribution is 2.22. The minimum absolute atomic E-state index is 0.0220. The molecule has 17 heavy (non-hydrogen) atoms. The number of hydrogen-bond acceptors (Lipinski definition) is 3. The van der Waals surface area contributed by atoms with Crippen molar-refractivity contribution >= 4 is 5.78 Å². The van der Waals surface area contributed by atoms with Crippen molar-refractivity contribution in [2.24, 2.45) is 0 Å². The maximum atomic E-state index is 12.2. The van der Waals surface area contributed by atoms with Crippen molar-refractivity contribution in [1.82, 2.24) is 0 Å². The molecular formula is C14H20O3. The molecule has 0 spiro atoms. The maximum absolute atomic E-state index is 12.2. The second-order valence-electron chi connectivity index (χ2n) is 4.16. The average Bonchev–Trinajstić information content (AvgIpc) is 2.30. The number of hydrogen-bond donors (Lipinski definition) is 0. The van der Waals surface area contributed by atoms with E-state index in [0.717, 1.165) is 0 Å². The number of para-hydroxylation sites is 1. The van der Waals surface area contributed by atoms with Crippen molar-refractivity contribution in [1.29, 1.82) is 0 Å². The average molecular weight is 236 g/mol. The number of ether oxygens (including phenoxy) is 2. The summed E-state index contributed by atoms with van der Waals surface area (Å²) >= 11 is 0. The first-order valence-corrected chi connectivity index (χ1v) is 5.92. The molecule has 94 valence electrons. The van der Waals surface area contributed by atoms with Crippen LogP contribution in [0, 0.1) is 0 Å². The smallest absolute Gasteiger partial charge is 0.195 e. The summed E-state index contributed by atoms with van der Waals surface area (Å²) in [4.78, 5) is 12.2. The van der Waals surface area contributed by atoms with E-state index in [1.165, 1.54) is 0 Å². The van der Waals surface area contributed by atoms with E-state index in [2.05, 4.69) is 0 Å². The zero-order valence-electron chi connectivity index (χ0n) is 10.9. The molecule has 1 unspecified atom stereocenters. The molecule has 1 aromatic carbocycles. The van der Waals surface area contributed by atoms with Crippen LogP contribution in [0.4, 0.5) is 0 Å². The molecule has 0 saturated heterocycles. The number of carbonyl (C=O) groups excluding carboxylic acids is 1. The molecule has 0 aromatic heterocycles. The van der Waals surface area contributed by atoms with Gasteiger partial charge in [-0.25, -0.2) is 0 Å². The second kappa shape index (κ2) is 6.40. The summed E-state index contributed by atoms with van der Waals surface area (Å²) in [5.41, 5.74) is 0.592. The summed E-state index contributed by atoms with van der Waals surface area (Å²) in [5.74, 6) is 0.606. The van der Waals surface area contributed by atoms with Gasteiger partial charge in [0.15, 0.2) is 5.78 Å². The highest BCUT2D eigenvalue weighted by atomic mass is 16.5. The molecule has 0 aliphatic heterocycles. The van der Waals surface area contributed by atoms with Crippen molar-refractivity contribution in [2.45, 2.75) is 39.4 Å². The molecule has 3 nitrogen and oxygen atoms in total. The second-order valence-corrected chi connectivity index (χ2v) is 4.16. The molecule has 0 N–H and O–H groups in total. The van der Waals surface area contributed by atoms with Crippen LogP contribution in [0.5, 0.6) is 5.75 Å². The summed E-state index contributed by atoms with van der Waals surface area (Å²) in [6.07, 6.45) is 0.309. The van der Waals surface area contributed by atoms with Crippen molar-refractivity contribution in [3.05, 3.63) is 29.8 Å². The van der Waals surface area contributed by atoms with Gasteiger partial charge in [-0.1, -0.05) is 19.1 Å². The van der Waals surface area contributed by atoms with Gasteiger partial charge in [0.25, 0.3) is 0 Å². The Morgan fingerprint density at radius 1 is 1.29 bits per heavy atom. The molecule has 0 fully saturated rings. The molecule has 0 radical (unpaired) electrons. The Labute approximate surface area is 103 Å². The SMILES string of the molecule is CCC(OC)C(=O)c1ccccc1OC(C)C. The lowest BCUT2D eigenvalue weighted by atomic mass is 10.0. The lowest BCUT2D eigenvalue weighted by molar-refractivity contribution is 0.0590. The van der Waals surface area contributed by atoms with Crippen LogP contribution in [0.3, 0.4) is 0 Å². The zero-order chi connectivity index (χ0) is 12.8. The van der Waals surface area contributed by atoms with Crippen LogP contribution in [0.25, 0.3) is 0 Å². The summed E-state index contributed by atoms with van der Waals surface area (Å²) in [6, 6.07) is 7.29. The minimum Gasteiger partial charge on any atom is -0.490 e. The Morgan fingerprint density at radius 2 is 1.94 bits per heavy atom.